The fourth-order valence-corrected chi connectivity index (χ4v) is 2.36. The van der Waals surface area contributed by atoms with Gasteiger partial charge in [-0.05, 0) is 41.0 Å². The predicted molar refractivity (Wildman–Crippen MR) is 84.7 cm³/mol. The van der Waals surface area contributed by atoms with E-state index in [1.807, 2.05) is 60.7 Å². The van der Waals surface area contributed by atoms with Gasteiger partial charge in [-0.15, -0.1) is 0 Å². The number of ether oxygens (including phenoxy) is 1. The Balaban J connectivity index is 1.90. The molecule has 0 saturated heterocycles. The summed E-state index contributed by atoms with van der Waals surface area (Å²) in [5.41, 5.74) is 1.81. The fraction of sp³-hybridized carbons (Fsp3) is 0.105. The number of aryl methyl sites for hydroxylation is 1. The monoisotopic (exact) mass is 276 g/mol. The predicted octanol–water partition coefficient (Wildman–Crippen LogP) is 4.62. The lowest BCUT2D eigenvalue weighted by molar-refractivity contribution is 0.0737. The molecule has 0 radical (unpaired) electrons. The van der Waals surface area contributed by atoms with Crippen molar-refractivity contribution in [3.05, 3.63) is 77.9 Å². The zero-order chi connectivity index (χ0) is 14.7. The molecule has 3 aromatic carbocycles. The van der Waals surface area contributed by atoms with E-state index in [0.717, 1.165) is 17.2 Å². The summed E-state index contributed by atoms with van der Waals surface area (Å²) in [6.45, 7) is 2.09. The summed E-state index contributed by atoms with van der Waals surface area (Å²) in [6.07, 6.45) is 0.970. The van der Waals surface area contributed by atoms with E-state index in [-0.39, 0.29) is 5.97 Å². The highest BCUT2D eigenvalue weighted by Gasteiger charge is 2.11. The lowest BCUT2D eigenvalue weighted by Gasteiger charge is -2.07. The molecule has 104 valence electrons. The number of carbonyl (C=O) groups is 1. The third-order valence-corrected chi connectivity index (χ3v) is 3.55. The van der Waals surface area contributed by atoms with Gasteiger partial charge in [0.05, 0.1) is 5.56 Å². The van der Waals surface area contributed by atoms with E-state index in [9.17, 15) is 4.79 Å². The molecule has 0 saturated carbocycles. The standard InChI is InChI=1S/C19H16O2/c1-2-14-10-12-16(13-11-14)21-19(20)18-9-5-7-15-6-3-4-8-17(15)18/h3-13H,2H2,1H3. The minimum absolute atomic E-state index is 0.323. The van der Waals surface area contributed by atoms with Crippen molar-refractivity contribution in [1.29, 1.82) is 0 Å². The van der Waals surface area contributed by atoms with Crippen molar-refractivity contribution < 1.29 is 9.53 Å². The van der Waals surface area contributed by atoms with Crippen LogP contribution in [-0.4, -0.2) is 5.97 Å². The smallest absolute Gasteiger partial charge is 0.344 e. The molecule has 3 aromatic rings. The van der Waals surface area contributed by atoms with E-state index in [4.69, 9.17) is 4.74 Å². The van der Waals surface area contributed by atoms with Gasteiger partial charge in [-0.2, -0.15) is 0 Å². The normalized spacial score (nSPS) is 10.5. The number of benzene rings is 3. The molecule has 0 N–H and O–H groups in total. The minimum atomic E-state index is -0.323. The van der Waals surface area contributed by atoms with Gasteiger partial charge in [-0.3, -0.25) is 0 Å². The third-order valence-electron chi connectivity index (χ3n) is 3.55. The zero-order valence-corrected chi connectivity index (χ0v) is 11.9. The molecule has 0 unspecified atom stereocenters. The lowest BCUT2D eigenvalue weighted by Crippen LogP contribution is -2.09. The van der Waals surface area contributed by atoms with Crippen molar-refractivity contribution in [3.8, 4) is 5.75 Å². The van der Waals surface area contributed by atoms with E-state index >= 15 is 0 Å². The maximum atomic E-state index is 12.4. The van der Waals surface area contributed by atoms with Crippen LogP contribution in [0.5, 0.6) is 5.75 Å². The first kappa shape index (κ1) is 13.4. The molecule has 2 nitrogen and oxygen atoms in total. The van der Waals surface area contributed by atoms with Gasteiger partial charge in [0.25, 0.3) is 0 Å². The molecular formula is C19H16O2. The van der Waals surface area contributed by atoms with Crippen LogP contribution in [0.2, 0.25) is 0 Å². The molecular weight excluding hydrogens is 260 g/mol. The second kappa shape index (κ2) is 5.80. The van der Waals surface area contributed by atoms with Gasteiger partial charge in [0.15, 0.2) is 0 Å². The third kappa shape index (κ3) is 2.79. The van der Waals surface area contributed by atoms with Gasteiger partial charge >= 0.3 is 5.97 Å². The molecule has 0 amide bonds. The van der Waals surface area contributed by atoms with Crippen LogP contribution >= 0.6 is 0 Å². The summed E-state index contributed by atoms with van der Waals surface area (Å²) < 4.78 is 5.47. The quantitative estimate of drug-likeness (QED) is 0.515. The van der Waals surface area contributed by atoms with Crippen molar-refractivity contribution in [3.63, 3.8) is 0 Å². The van der Waals surface area contributed by atoms with Crippen LogP contribution < -0.4 is 4.74 Å². The highest BCUT2D eigenvalue weighted by atomic mass is 16.5. The van der Waals surface area contributed by atoms with Gasteiger partial charge in [0.1, 0.15) is 5.75 Å². The van der Waals surface area contributed by atoms with Crippen molar-refractivity contribution in [1.82, 2.24) is 0 Å². The van der Waals surface area contributed by atoms with E-state index in [1.54, 1.807) is 6.07 Å². The molecule has 0 bridgehead atoms. The summed E-state index contributed by atoms with van der Waals surface area (Å²) in [5.74, 6) is 0.251. The molecule has 0 atom stereocenters. The topological polar surface area (TPSA) is 26.3 Å². The summed E-state index contributed by atoms with van der Waals surface area (Å²) >= 11 is 0. The van der Waals surface area contributed by atoms with E-state index < -0.39 is 0 Å². The van der Waals surface area contributed by atoms with Gasteiger partial charge in [0.2, 0.25) is 0 Å². The van der Waals surface area contributed by atoms with E-state index in [1.165, 1.54) is 5.56 Å². The summed E-state index contributed by atoms with van der Waals surface area (Å²) in [6, 6.07) is 21.1. The Labute approximate surface area is 124 Å². The van der Waals surface area contributed by atoms with Crippen molar-refractivity contribution in [2.24, 2.45) is 0 Å². The molecule has 0 aliphatic heterocycles. The highest BCUT2D eigenvalue weighted by molar-refractivity contribution is 6.05. The highest BCUT2D eigenvalue weighted by Crippen LogP contribution is 2.21. The molecule has 3 rings (SSSR count). The van der Waals surface area contributed by atoms with Crippen molar-refractivity contribution >= 4 is 16.7 Å². The van der Waals surface area contributed by atoms with Crippen LogP contribution in [0.3, 0.4) is 0 Å². The van der Waals surface area contributed by atoms with E-state index in [0.29, 0.717) is 11.3 Å². The maximum absolute atomic E-state index is 12.4. The number of hydrogen-bond acceptors (Lipinski definition) is 2. The lowest BCUT2D eigenvalue weighted by atomic mass is 10.0. The number of esters is 1. The Hall–Kier alpha value is -2.61. The SMILES string of the molecule is CCc1ccc(OC(=O)c2cccc3ccccc23)cc1. The first-order valence-electron chi connectivity index (χ1n) is 7.07. The first-order chi connectivity index (χ1) is 10.3. The summed E-state index contributed by atoms with van der Waals surface area (Å²) in [4.78, 5) is 12.4. The fourth-order valence-electron chi connectivity index (χ4n) is 2.36. The number of hydrogen-bond donors (Lipinski definition) is 0. The van der Waals surface area contributed by atoms with Crippen LogP contribution in [0.4, 0.5) is 0 Å². The Morgan fingerprint density at radius 1 is 0.905 bits per heavy atom. The van der Waals surface area contributed by atoms with Gasteiger partial charge in [-0.25, -0.2) is 4.79 Å². The Morgan fingerprint density at radius 3 is 2.38 bits per heavy atom. The van der Waals surface area contributed by atoms with Crippen molar-refractivity contribution in [2.45, 2.75) is 13.3 Å². The van der Waals surface area contributed by atoms with Crippen molar-refractivity contribution in [2.75, 3.05) is 0 Å². The summed E-state index contributed by atoms with van der Waals surface area (Å²) in [7, 11) is 0. The molecule has 0 heterocycles. The molecule has 0 aliphatic carbocycles. The molecule has 0 aliphatic rings. The first-order valence-corrected chi connectivity index (χ1v) is 7.07. The second-order valence-corrected chi connectivity index (χ2v) is 4.91. The molecule has 21 heavy (non-hydrogen) atoms. The molecule has 0 spiro atoms. The van der Waals surface area contributed by atoms with Gasteiger partial charge in [-0.1, -0.05) is 55.5 Å². The van der Waals surface area contributed by atoms with Crippen LogP contribution in [0.25, 0.3) is 10.8 Å². The zero-order valence-electron chi connectivity index (χ0n) is 11.9. The van der Waals surface area contributed by atoms with Gasteiger partial charge < -0.3 is 4.74 Å². The number of rotatable bonds is 3. The second-order valence-electron chi connectivity index (χ2n) is 4.91. The van der Waals surface area contributed by atoms with Crippen LogP contribution in [-0.2, 0) is 6.42 Å². The van der Waals surface area contributed by atoms with Crippen LogP contribution in [0.15, 0.2) is 66.7 Å². The van der Waals surface area contributed by atoms with E-state index in [2.05, 4.69) is 6.92 Å². The minimum Gasteiger partial charge on any atom is -0.423 e. The average molecular weight is 276 g/mol. The summed E-state index contributed by atoms with van der Waals surface area (Å²) in [5, 5.41) is 1.95. The Morgan fingerprint density at radius 2 is 1.62 bits per heavy atom. The Kier molecular flexibility index (Phi) is 3.69. The van der Waals surface area contributed by atoms with Crippen LogP contribution in [0, 0.1) is 0 Å². The maximum Gasteiger partial charge on any atom is 0.344 e. The van der Waals surface area contributed by atoms with Gasteiger partial charge in [0, 0.05) is 0 Å². The average Bonchev–Trinajstić information content (AvgIpc) is 2.55. The largest absolute Gasteiger partial charge is 0.423 e. The number of carbonyl (C=O) groups excluding carboxylic acids is 1. The van der Waals surface area contributed by atoms with Crippen LogP contribution in [0.1, 0.15) is 22.8 Å². The Bertz CT molecular complexity index is 768. The molecule has 2 heteroatoms. The molecule has 0 fully saturated rings. The molecule has 0 aromatic heterocycles. The number of fused-ring (bicyclic) bond motifs is 1.